The van der Waals surface area contributed by atoms with Crippen LogP contribution in [0.5, 0.6) is 0 Å². The quantitative estimate of drug-likeness (QED) is 0.668. The Morgan fingerprint density at radius 1 is 1.15 bits per heavy atom. The first-order chi connectivity index (χ1) is 12.4. The van der Waals surface area contributed by atoms with Crippen LogP contribution in [0.15, 0.2) is 30.4 Å². The van der Waals surface area contributed by atoms with Crippen molar-refractivity contribution in [3.05, 3.63) is 47.0 Å². The molecule has 0 spiro atoms. The topological polar surface area (TPSA) is 66.5 Å². The van der Waals surface area contributed by atoms with E-state index in [0.29, 0.717) is 0 Å². The number of fused-ring (bicyclic) bond motifs is 5. The second-order valence-corrected chi connectivity index (χ2v) is 7.91. The predicted octanol–water partition coefficient (Wildman–Crippen LogP) is 2.29. The molecule has 3 amide bonds. The molecule has 1 saturated heterocycles. The van der Waals surface area contributed by atoms with Gasteiger partial charge in [-0.1, -0.05) is 35.9 Å². The van der Waals surface area contributed by atoms with Crippen molar-refractivity contribution >= 4 is 17.7 Å². The molecule has 2 aliphatic carbocycles. The maximum atomic E-state index is 12.7. The molecule has 1 N–H and O–H groups in total. The molecule has 5 atom stereocenters. The van der Waals surface area contributed by atoms with Crippen LogP contribution in [0.3, 0.4) is 0 Å². The van der Waals surface area contributed by atoms with Crippen LogP contribution in [-0.4, -0.2) is 29.2 Å². The molecule has 136 valence electrons. The van der Waals surface area contributed by atoms with Gasteiger partial charge in [-0.25, -0.2) is 0 Å². The van der Waals surface area contributed by atoms with Gasteiger partial charge in [0.15, 0.2) is 0 Å². The lowest BCUT2D eigenvalue weighted by atomic mass is 9.85. The van der Waals surface area contributed by atoms with E-state index in [1.807, 2.05) is 32.9 Å². The fourth-order valence-corrected chi connectivity index (χ4v) is 4.85. The first-order valence-corrected chi connectivity index (χ1v) is 9.27. The van der Waals surface area contributed by atoms with Gasteiger partial charge in [0.05, 0.1) is 17.9 Å². The van der Waals surface area contributed by atoms with E-state index in [2.05, 4.69) is 23.5 Å². The van der Waals surface area contributed by atoms with Crippen molar-refractivity contribution in [2.24, 2.45) is 23.7 Å². The van der Waals surface area contributed by atoms with E-state index >= 15 is 0 Å². The van der Waals surface area contributed by atoms with Crippen molar-refractivity contribution < 1.29 is 14.4 Å². The van der Waals surface area contributed by atoms with E-state index in [-0.39, 0.29) is 54.0 Å². The summed E-state index contributed by atoms with van der Waals surface area (Å²) in [6.45, 7) is 5.76. The molecule has 3 aliphatic rings. The third kappa shape index (κ3) is 2.57. The highest BCUT2D eigenvalue weighted by atomic mass is 16.2. The molecule has 5 heteroatoms. The molecule has 1 heterocycles. The van der Waals surface area contributed by atoms with Crippen molar-refractivity contribution in [2.75, 3.05) is 6.54 Å². The fraction of sp³-hybridized carbons (Fsp3) is 0.476. The Bertz CT molecular complexity index is 799. The molecule has 4 rings (SSSR count). The summed E-state index contributed by atoms with van der Waals surface area (Å²) >= 11 is 0. The first kappa shape index (κ1) is 17.0. The molecular formula is C21H24N2O3. The van der Waals surface area contributed by atoms with Gasteiger partial charge in [0.25, 0.3) is 0 Å². The zero-order chi connectivity index (χ0) is 18.6. The van der Waals surface area contributed by atoms with Crippen molar-refractivity contribution in [2.45, 2.75) is 33.2 Å². The molecule has 5 unspecified atom stereocenters. The summed E-state index contributed by atoms with van der Waals surface area (Å²) in [5.41, 5.74) is 3.29. The number of imide groups is 1. The second-order valence-electron chi connectivity index (χ2n) is 7.91. The lowest BCUT2D eigenvalue weighted by Crippen LogP contribution is -2.42. The Kier molecular flexibility index (Phi) is 3.98. The summed E-state index contributed by atoms with van der Waals surface area (Å²) in [7, 11) is 0. The first-order valence-electron chi connectivity index (χ1n) is 9.27. The van der Waals surface area contributed by atoms with E-state index in [1.165, 1.54) is 4.90 Å². The molecule has 1 aromatic rings. The normalized spacial score (nSPS) is 30.0. The molecule has 1 aliphatic heterocycles. The van der Waals surface area contributed by atoms with Gasteiger partial charge in [0.1, 0.15) is 6.54 Å². The maximum Gasteiger partial charge on any atom is 0.240 e. The van der Waals surface area contributed by atoms with Gasteiger partial charge in [-0.15, -0.1) is 0 Å². The average molecular weight is 352 g/mol. The molecule has 2 bridgehead atoms. The Balaban J connectivity index is 1.43. The molecule has 2 fully saturated rings. The zero-order valence-corrected chi connectivity index (χ0v) is 15.4. The Morgan fingerprint density at radius 2 is 1.77 bits per heavy atom. The van der Waals surface area contributed by atoms with E-state index in [9.17, 15) is 14.4 Å². The molecule has 0 radical (unpaired) electrons. The second kappa shape index (κ2) is 6.08. The third-order valence-corrected chi connectivity index (χ3v) is 6.14. The predicted molar refractivity (Wildman–Crippen MR) is 96.9 cm³/mol. The number of likely N-dealkylation sites (tertiary alicyclic amines) is 1. The molecular weight excluding hydrogens is 328 g/mol. The van der Waals surface area contributed by atoms with Crippen LogP contribution in [0, 0.1) is 37.5 Å². The molecule has 26 heavy (non-hydrogen) atoms. The number of amides is 3. The number of carbonyl (C=O) groups excluding carboxylic acids is 3. The highest BCUT2D eigenvalue weighted by molar-refractivity contribution is 6.08. The zero-order valence-electron chi connectivity index (χ0n) is 15.4. The fourth-order valence-electron chi connectivity index (χ4n) is 4.85. The van der Waals surface area contributed by atoms with Crippen molar-refractivity contribution in [1.82, 2.24) is 10.2 Å². The summed E-state index contributed by atoms with van der Waals surface area (Å²) in [5, 5.41) is 2.94. The standard InChI is InChI=1S/C21H24N2O3/c1-11-4-5-12(2)16(8-11)13(3)22-17(24)10-23-20(25)18-14-6-7-15(9-14)19(18)21(23)26/h4-8,13-15,18-19H,9-10H2,1-3H3,(H,22,24). The van der Waals surface area contributed by atoms with Crippen LogP contribution in [0.1, 0.15) is 36.1 Å². The molecule has 1 aromatic carbocycles. The van der Waals surface area contributed by atoms with Crippen LogP contribution in [0.25, 0.3) is 0 Å². The number of nitrogens with one attached hydrogen (secondary N) is 1. The van der Waals surface area contributed by atoms with E-state index in [0.717, 1.165) is 23.1 Å². The van der Waals surface area contributed by atoms with Gasteiger partial charge in [-0.05, 0) is 50.2 Å². The SMILES string of the molecule is Cc1ccc(C)c(C(C)NC(=O)CN2C(=O)C3C4C=CC(C4)C3C2=O)c1. The number of nitrogens with zero attached hydrogens (tertiary/aromatic N) is 1. The average Bonchev–Trinajstić information content (AvgIpc) is 3.27. The highest BCUT2D eigenvalue weighted by Gasteiger charge is 2.59. The number of carbonyl (C=O) groups is 3. The van der Waals surface area contributed by atoms with Crippen LogP contribution in [0.4, 0.5) is 0 Å². The lowest BCUT2D eigenvalue weighted by molar-refractivity contribution is -0.144. The lowest BCUT2D eigenvalue weighted by Gasteiger charge is -2.20. The van der Waals surface area contributed by atoms with Gasteiger partial charge in [-0.3, -0.25) is 19.3 Å². The Hall–Kier alpha value is -2.43. The largest absolute Gasteiger partial charge is 0.348 e. The number of hydrogen-bond acceptors (Lipinski definition) is 3. The van der Waals surface area contributed by atoms with E-state index in [4.69, 9.17) is 0 Å². The van der Waals surface area contributed by atoms with Crippen LogP contribution in [-0.2, 0) is 14.4 Å². The summed E-state index contributed by atoms with van der Waals surface area (Å²) in [4.78, 5) is 39.0. The minimum atomic E-state index is -0.291. The summed E-state index contributed by atoms with van der Waals surface area (Å²) < 4.78 is 0. The smallest absolute Gasteiger partial charge is 0.240 e. The monoisotopic (exact) mass is 352 g/mol. The molecule has 5 nitrogen and oxygen atoms in total. The third-order valence-electron chi connectivity index (χ3n) is 6.14. The van der Waals surface area contributed by atoms with Crippen molar-refractivity contribution in [1.29, 1.82) is 0 Å². The molecule has 0 aromatic heterocycles. The van der Waals surface area contributed by atoms with E-state index in [1.54, 1.807) is 0 Å². The number of allylic oxidation sites excluding steroid dienone is 2. The summed E-state index contributed by atoms with van der Waals surface area (Å²) in [6.07, 6.45) is 5.02. The van der Waals surface area contributed by atoms with Crippen LogP contribution < -0.4 is 5.32 Å². The van der Waals surface area contributed by atoms with Gasteiger partial charge < -0.3 is 5.32 Å². The van der Waals surface area contributed by atoms with Gasteiger partial charge in [0.2, 0.25) is 17.7 Å². The maximum absolute atomic E-state index is 12.7. The Morgan fingerprint density at radius 3 is 2.38 bits per heavy atom. The highest BCUT2D eigenvalue weighted by Crippen LogP contribution is 2.52. The van der Waals surface area contributed by atoms with Gasteiger partial charge in [-0.2, -0.15) is 0 Å². The Labute approximate surface area is 153 Å². The minimum absolute atomic E-state index is 0.170. The molecule has 1 saturated carbocycles. The number of aryl methyl sites for hydroxylation is 2. The summed E-state index contributed by atoms with van der Waals surface area (Å²) in [6, 6.07) is 5.95. The minimum Gasteiger partial charge on any atom is -0.348 e. The number of rotatable bonds is 4. The van der Waals surface area contributed by atoms with Gasteiger partial charge >= 0.3 is 0 Å². The van der Waals surface area contributed by atoms with E-state index < -0.39 is 0 Å². The van der Waals surface area contributed by atoms with Crippen molar-refractivity contribution in [3.63, 3.8) is 0 Å². The van der Waals surface area contributed by atoms with Crippen LogP contribution >= 0.6 is 0 Å². The number of hydrogen-bond donors (Lipinski definition) is 1. The van der Waals surface area contributed by atoms with Gasteiger partial charge in [0, 0.05) is 0 Å². The van der Waals surface area contributed by atoms with Crippen molar-refractivity contribution in [3.8, 4) is 0 Å². The number of benzene rings is 1. The summed E-state index contributed by atoms with van der Waals surface area (Å²) in [5.74, 6) is -0.798. The van der Waals surface area contributed by atoms with Crippen LogP contribution in [0.2, 0.25) is 0 Å².